The molecule has 0 aliphatic rings. The molecule has 124 valence electrons. The number of aliphatic imine (C=N–C) groups is 1. The zero-order valence-electron chi connectivity index (χ0n) is 12.7. The Morgan fingerprint density at radius 3 is 2.86 bits per heavy atom. The first kappa shape index (κ1) is 20.9. The number of carbonyl (C=O) groups excluding carboxylic acids is 1. The first-order valence-electron chi connectivity index (χ1n) is 6.62. The summed E-state index contributed by atoms with van der Waals surface area (Å²) in [6, 6.07) is 5.39. The molecule has 6 nitrogen and oxygen atoms in total. The summed E-state index contributed by atoms with van der Waals surface area (Å²) in [6.07, 6.45) is 0.284. The summed E-state index contributed by atoms with van der Waals surface area (Å²) in [5.74, 6) is 0.191. The molecule has 1 aromatic carbocycles. The van der Waals surface area contributed by atoms with Crippen LogP contribution in [0.3, 0.4) is 0 Å². The van der Waals surface area contributed by atoms with E-state index in [2.05, 4.69) is 15.6 Å². The van der Waals surface area contributed by atoms with Crippen LogP contribution in [0, 0.1) is 6.92 Å². The standard InChI is InChI=1S/C14H21ClN4O2.HI/c1-10-11(15)4-3-5-12(10)19-13(20)6-7-17-14(16)18-8-9-21-2;/h3-5H,6-9H2,1-2H3,(H,19,20)(H3,16,17,18);1H. The Hall–Kier alpha value is -1.06. The molecule has 4 N–H and O–H groups in total. The number of amides is 1. The van der Waals surface area contributed by atoms with E-state index in [-0.39, 0.29) is 36.3 Å². The molecular weight excluding hydrogens is 419 g/mol. The van der Waals surface area contributed by atoms with Gasteiger partial charge < -0.3 is 21.1 Å². The smallest absolute Gasteiger partial charge is 0.226 e. The second-order valence-corrected chi connectivity index (χ2v) is 4.80. The van der Waals surface area contributed by atoms with Crippen LogP contribution in [0.15, 0.2) is 23.2 Å². The van der Waals surface area contributed by atoms with Crippen LogP contribution in [0.1, 0.15) is 12.0 Å². The average molecular weight is 441 g/mol. The average Bonchev–Trinajstić information content (AvgIpc) is 2.44. The minimum absolute atomic E-state index is 0. The van der Waals surface area contributed by atoms with Crippen LogP contribution in [0.25, 0.3) is 0 Å². The second kappa shape index (κ2) is 11.5. The zero-order chi connectivity index (χ0) is 15.7. The van der Waals surface area contributed by atoms with Gasteiger partial charge in [0.1, 0.15) is 0 Å². The summed E-state index contributed by atoms with van der Waals surface area (Å²) in [4.78, 5) is 15.9. The van der Waals surface area contributed by atoms with Crippen LogP contribution < -0.4 is 16.4 Å². The fraction of sp³-hybridized carbons (Fsp3) is 0.429. The molecule has 0 aliphatic carbocycles. The molecule has 22 heavy (non-hydrogen) atoms. The number of benzene rings is 1. The van der Waals surface area contributed by atoms with E-state index in [1.54, 1.807) is 19.2 Å². The van der Waals surface area contributed by atoms with Crippen LogP contribution in [-0.4, -0.2) is 38.7 Å². The van der Waals surface area contributed by atoms with Gasteiger partial charge in [-0.2, -0.15) is 0 Å². The maximum absolute atomic E-state index is 11.8. The zero-order valence-corrected chi connectivity index (χ0v) is 15.8. The highest BCUT2D eigenvalue weighted by atomic mass is 127. The molecular formula is C14H22ClIN4O2. The Labute approximate surface area is 152 Å². The second-order valence-electron chi connectivity index (χ2n) is 4.40. The Morgan fingerprint density at radius 2 is 2.18 bits per heavy atom. The third kappa shape index (κ3) is 7.81. The quantitative estimate of drug-likeness (QED) is 0.262. The number of nitrogens with two attached hydrogens (primary N) is 1. The fourth-order valence-corrected chi connectivity index (χ4v) is 1.75. The minimum atomic E-state index is -0.113. The van der Waals surface area contributed by atoms with E-state index >= 15 is 0 Å². The highest BCUT2D eigenvalue weighted by molar-refractivity contribution is 14.0. The molecule has 0 radical (unpaired) electrons. The van der Waals surface area contributed by atoms with Crippen LogP contribution in [0.2, 0.25) is 5.02 Å². The highest BCUT2D eigenvalue weighted by Gasteiger charge is 2.06. The highest BCUT2D eigenvalue weighted by Crippen LogP contribution is 2.22. The van der Waals surface area contributed by atoms with Crippen molar-refractivity contribution >= 4 is 53.1 Å². The van der Waals surface area contributed by atoms with Crippen LogP contribution in [-0.2, 0) is 9.53 Å². The Kier molecular flexibility index (Phi) is 10.9. The summed E-state index contributed by atoms with van der Waals surface area (Å²) in [5, 5.41) is 6.31. The molecule has 1 aromatic rings. The Balaban J connectivity index is 0.00000441. The minimum Gasteiger partial charge on any atom is -0.383 e. The maximum atomic E-state index is 11.8. The Morgan fingerprint density at radius 1 is 1.45 bits per heavy atom. The van der Waals surface area contributed by atoms with Gasteiger partial charge in [-0.25, -0.2) is 0 Å². The van der Waals surface area contributed by atoms with Gasteiger partial charge >= 0.3 is 0 Å². The number of hydrogen-bond donors (Lipinski definition) is 3. The number of guanidine groups is 1. The lowest BCUT2D eigenvalue weighted by molar-refractivity contribution is -0.116. The van der Waals surface area contributed by atoms with Gasteiger partial charge in [-0.1, -0.05) is 17.7 Å². The molecule has 1 amide bonds. The van der Waals surface area contributed by atoms with Crippen molar-refractivity contribution in [2.24, 2.45) is 10.7 Å². The van der Waals surface area contributed by atoms with Crippen LogP contribution in [0.4, 0.5) is 5.69 Å². The van der Waals surface area contributed by atoms with Crippen molar-refractivity contribution in [1.82, 2.24) is 5.32 Å². The fourth-order valence-electron chi connectivity index (χ4n) is 1.57. The SMILES string of the molecule is COCCN=C(N)NCCC(=O)Nc1cccc(Cl)c1C.I. The molecule has 0 aliphatic heterocycles. The molecule has 0 atom stereocenters. The van der Waals surface area contributed by atoms with E-state index in [4.69, 9.17) is 22.1 Å². The molecule has 0 bridgehead atoms. The van der Waals surface area contributed by atoms with E-state index in [1.165, 1.54) is 0 Å². The van der Waals surface area contributed by atoms with Gasteiger partial charge in [-0.05, 0) is 24.6 Å². The summed E-state index contributed by atoms with van der Waals surface area (Å²) in [6.45, 7) is 3.27. The number of rotatable bonds is 7. The molecule has 0 saturated heterocycles. The molecule has 0 fully saturated rings. The van der Waals surface area contributed by atoms with E-state index in [0.717, 1.165) is 5.56 Å². The van der Waals surface area contributed by atoms with E-state index in [1.807, 2.05) is 13.0 Å². The topological polar surface area (TPSA) is 88.7 Å². The van der Waals surface area contributed by atoms with Crippen molar-refractivity contribution in [2.75, 3.05) is 32.1 Å². The van der Waals surface area contributed by atoms with Crippen LogP contribution in [0.5, 0.6) is 0 Å². The summed E-state index contributed by atoms with van der Waals surface area (Å²) in [7, 11) is 1.60. The number of halogens is 2. The summed E-state index contributed by atoms with van der Waals surface area (Å²) < 4.78 is 4.86. The molecule has 0 saturated carbocycles. The number of anilines is 1. The molecule has 0 aromatic heterocycles. The maximum Gasteiger partial charge on any atom is 0.226 e. The molecule has 8 heteroatoms. The number of carbonyl (C=O) groups is 1. The van der Waals surface area contributed by atoms with Gasteiger partial charge in [0.05, 0.1) is 13.2 Å². The van der Waals surface area contributed by atoms with Gasteiger partial charge in [0, 0.05) is 30.8 Å². The van der Waals surface area contributed by atoms with Gasteiger partial charge in [0.15, 0.2) is 5.96 Å². The van der Waals surface area contributed by atoms with Crippen molar-refractivity contribution in [3.63, 3.8) is 0 Å². The first-order chi connectivity index (χ1) is 10.0. The number of ether oxygens (including phenoxy) is 1. The molecule has 0 heterocycles. The third-order valence-corrected chi connectivity index (χ3v) is 3.19. The van der Waals surface area contributed by atoms with Gasteiger partial charge in [0.25, 0.3) is 0 Å². The lowest BCUT2D eigenvalue weighted by Crippen LogP contribution is -2.34. The Bertz CT molecular complexity index is 512. The largest absolute Gasteiger partial charge is 0.383 e. The number of hydrogen-bond acceptors (Lipinski definition) is 3. The van der Waals surface area contributed by atoms with Crippen molar-refractivity contribution in [1.29, 1.82) is 0 Å². The normalized spacial score (nSPS) is 10.8. The predicted octanol–water partition coefficient (Wildman–Crippen LogP) is 2.15. The molecule has 1 rings (SSSR count). The van der Waals surface area contributed by atoms with E-state index in [0.29, 0.717) is 36.4 Å². The number of nitrogens with zero attached hydrogens (tertiary/aromatic N) is 1. The van der Waals surface area contributed by atoms with Gasteiger partial charge in [-0.3, -0.25) is 9.79 Å². The van der Waals surface area contributed by atoms with Gasteiger partial charge in [0.2, 0.25) is 5.91 Å². The van der Waals surface area contributed by atoms with Crippen LogP contribution >= 0.6 is 35.6 Å². The number of methoxy groups -OCH3 is 1. The summed E-state index contributed by atoms with van der Waals surface area (Å²) in [5.41, 5.74) is 7.20. The monoisotopic (exact) mass is 440 g/mol. The van der Waals surface area contributed by atoms with Crippen molar-refractivity contribution in [3.8, 4) is 0 Å². The van der Waals surface area contributed by atoms with Crippen molar-refractivity contribution in [3.05, 3.63) is 28.8 Å². The van der Waals surface area contributed by atoms with Crippen molar-refractivity contribution in [2.45, 2.75) is 13.3 Å². The third-order valence-electron chi connectivity index (χ3n) is 2.78. The molecule has 0 unspecified atom stereocenters. The predicted molar refractivity (Wildman–Crippen MR) is 101 cm³/mol. The molecule has 0 spiro atoms. The van der Waals surface area contributed by atoms with Crippen molar-refractivity contribution < 1.29 is 9.53 Å². The first-order valence-corrected chi connectivity index (χ1v) is 7.00. The lowest BCUT2D eigenvalue weighted by Gasteiger charge is -2.10. The summed E-state index contributed by atoms with van der Waals surface area (Å²) >= 11 is 6.00. The van der Waals surface area contributed by atoms with E-state index < -0.39 is 0 Å². The number of nitrogens with one attached hydrogen (secondary N) is 2. The van der Waals surface area contributed by atoms with E-state index in [9.17, 15) is 4.79 Å². The lowest BCUT2D eigenvalue weighted by atomic mass is 10.2. The van der Waals surface area contributed by atoms with Gasteiger partial charge in [-0.15, -0.1) is 24.0 Å².